The first kappa shape index (κ1) is 30.9. The van der Waals surface area contributed by atoms with Gasteiger partial charge in [-0.2, -0.15) is 5.10 Å². The van der Waals surface area contributed by atoms with Gasteiger partial charge in [0.1, 0.15) is 24.4 Å². The van der Waals surface area contributed by atoms with Crippen LogP contribution in [0.1, 0.15) is 13.3 Å². The van der Waals surface area contributed by atoms with E-state index in [4.69, 9.17) is 14.5 Å². The molecule has 0 atom stereocenters. The highest BCUT2D eigenvalue weighted by Gasteiger charge is 2.15. The normalized spacial score (nSPS) is 11.7. The van der Waals surface area contributed by atoms with Crippen molar-refractivity contribution < 1.29 is 37.2 Å². The number of rotatable bonds is 15. The predicted molar refractivity (Wildman–Crippen MR) is 150 cm³/mol. The Morgan fingerprint density at radius 2 is 1.95 bits per heavy atom. The summed E-state index contributed by atoms with van der Waals surface area (Å²) in [5, 5.41) is 10.4. The Bertz CT molecular complexity index is 1570. The standard InChI is InChI=1S/C26H30F2N7O6P/c1-2-34(12-14-41-42(37,38)39)10-4-13-40-18-7-8-19-22(15-18)29-17-30-26(19)32-23-9-11-35(33-23)16-24(36)31-21-6-3-5-20(27)25(21)28/h3,5-9,11,15,17H,2,4,10,12-14,16H2,1H3,(H,31,36)(H2,37,38,39)(H,29,30,32,33). The maximum Gasteiger partial charge on any atom is 0.469 e. The molecule has 2 aromatic heterocycles. The van der Waals surface area contributed by atoms with Crippen LogP contribution in [-0.4, -0.2) is 73.2 Å². The monoisotopic (exact) mass is 605 g/mol. The van der Waals surface area contributed by atoms with Gasteiger partial charge < -0.3 is 30.1 Å². The number of phosphoric ester groups is 1. The van der Waals surface area contributed by atoms with Gasteiger partial charge in [-0.25, -0.2) is 23.3 Å². The molecule has 0 bridgehead atoms. The van der Waals surface area contributed by atoms with Crippen LogP contribution in [0.3, 0.4) is 0 Å². The van der Waals surface area contributed by atoms with Crippen LogP contribution in [0.5, 0.6) is 5.75 Å². The zero-order valence-electron chi connectivity index (χ0n) is 22.6. The van der Waals surface area contributed by atoms with E-state index < -0.39 is 25.4 Å². The number of anilines is 3. The highest BCUT2D eigenvalue weighted by atomic mass is 31.2. The summed E-state index contributed by atoms with van der Waals surface area (Å²) >= 11 is 0. The smallest absolute Gasteiger partial charge is 0.469 e. The molecule has 4 N–H and O–H groups in total. The fourth-order valence-corrected chi connectivity index (χ4v) is 4.32. The number of benzene rings is 2. The number of carbonyl (C=O) groups is 1. The van der Waals surface area contributed by atoms with Crippen LogP contribution in [0.4, 0.5) is 26.1 Å². The number of aromatic nitrogens is 4. The third-order valence-electron chi connectivity index (χ3n) is 6.03. The average molecular weight is 606 g/mol. The minimum atomic E-state index is -4.47. The number of ether oxygens (including phenoxy) is 1. The summed E-state index contributed by atoms with van der Waals surface area (Å²) in [6.07, 6.45) is 3.64. The molecule has 2 aromatic carbocycles. The van der Waals surface area contributed by atoms with Crippen LogP contribution in [0, 0.1) is 11.6 Å². The summed E-state index contributed by atoms with van der Waals surface area (Å²) in [5.74, 6) is -1.26. The zero-order valence-corrected chi connectivity index (χ0v) is 23.5. The number of carbonyl (C=O) groups excluding carboxylic acids is 1. The van der Waals surface area contributed by atoms with E-state index in [9.17, 15) is 18.1 Å². The molecule has 0 saturated carbocycles. The molecule has 0 aliphatic carbocycles. The lowest BCUT2D eigenvalue weighted by Gasteiger charge is -2.20. The van der Waals surface area contributed by atoms with Gasteiger partial charge in [-0.15, -0.1) is 0 Å². The fraction of sp³-hybridized carbons (Fsp3) is 0.308. The van der Waals surface area contributed by atoms with E-state index in [0.29, 0.717) is 61.0 Å². The Hall–Kier alpha value is -4.01. The summed E-state index contributed by atoms with van der Waals surface area (Å²) in [4.78, 5) is 40.5. The van der Waals surface area contributed by atoms with E-state index in [0.717, 1.165) is 6.07 Å². The largest absolute Gasteiger partial charge is 0.493 e. The molecule has 0 spiro atoms. The highest BCUT2D eigenvalue weighted by molar-refractivity contribution is 7.46. The van der Waals surface area contributed by atoms with Crippen molar-refractivity contribution in [2.24, 2.45) is 0 Å². The summed E-state index contributed by atoms with van der Waals surface area (Å²) in [6.45, 7) is 3.85. The van der Waals surface area contributed by atoms with Crippen LogP contribution >= 0.6 is 7.82 Å². The number of hydrogen-bond donors (Lipinski definition) is 4. The molecular weight excluding hydrogens is 575 g/mol. The Kier molecular flexibility index (Phi) is 10.5. The second kappa shape index (κ2) is 14.2. The van der Waals surface area contributed by atoms with Gasteiger partial charge in [0.25, 0.3) is 0 Å². The fourth-order valence-electron chi connectivity index (χ4n) is 4.00. The number of fused-ring (bicyclic) bond motifs is 1. The van der Waals surface area contributed by atoms with Gasteiger partial charge in [0.15, 0.2) is 17.5 Å². The third-order valence-corrected chi connectivity index (χ3v) is 6.55. The van der Waals surface area contributed by atoms with E-state index >= 15 is 0 Å². The molecule has 0 fully saturated rings. The van der Waals surface area contributed by atoms with E-state index in [2.05, 4.69) is 30.2 Å². The molecule has 4 aromatic rings. The summed E-state index contributed by atoms with van der Waals surface area (Å²) in [5.41, 5.74) is 0.376. The number of phosphoric acid groups is 1. The molecule has 0 radical (unpaired) electrons. The molecular formula is C26H30F2N7O6P. The zero-order chi connectivity index (χ0) is 30.1. The Morgan fingerprint density at radius 1 is 1.12 bits per heavy atom. The number of halogens is 2. The van der Waals surface area contributed by atoms with Crippen LogP contribution < -0.4 is 15.4 Å². The summed E-state index contributed by atoms with van der Waals surface area (Å²) < 4.78 is 49.7. The number of nitrogens with one attached hydrogen (secondary N) is 2. The lowest BCUT2D eigenvalue weighted by molar-refractivity contribution is -0.116. The van der Waals surface area contributed by atoms with Crippen molar-refractivity contribution in [1.82, 2.24) is 24.6 Å². The van der Waals surface area contributed by atoms with Crippen molar-refractivity contribution in [2.45, 2.75) is 19.9 Å². The molecule has 0 aliphatic heterocycles. The Morgan fingerprint density at radius 3 is 2.74 bits per heavy atom. The lowest BCUT2D eigenvalue weighted by Crippen LogP contribution is -2.29. The van der Waals surface area contributed by atoms with Crippen LogP contribution in [0.2, 0.25) is 0 Å². The van der Waals surface area contributed by atoms with E-state index in [1.807, 2.05) is 17.9 Å². The number of hydrogen-bond acceptors (Lipinski definition) is 9. The molecule has 0 saturated heterocycles. The second-order valence-corrected chi connectivity index (χ2v) is 10.3. The topological polar surface area (TPSA) is 164 Å². The molecule has 4 rings (SSSR count). The van der Waals surface area contributed by atoms with Gasteiger partial charge in [-0.05, 0) is 37.2 Å². The molecule has 0 unspecified atom stereocenters. The summed E-state index contributed by atoms with van der Waals surface area (Å²) in [7, 11) is -4.47. The van der Waals surface area contributed by atoms with E-state index in [1.54, 1.807) is 24.4 Å². The lowest BCUT2D eigenvalue weighted by atomic mass is 10.2. The molecule has 2 heterocycles. The van der Waals surface area contributed by atoms with Crippen LogP contribution in [0.25, 0.3) is 10.9 Å². The molecule has 42 heavy (non-hydrogen) atoms. The predicted octanol–water partition coefficient (Wildman–Crippen LogP) is 3.69. The number of likely N-dealkylation sites (N-methyl/N-ethyl adjacent to an activating group) is 1. The van der Waals surface area contributed by atoms with Crippen molar-refractivity contribution in [1.29, 1.82) is 0 Å². The van der Waals surface area contributed by atoms with Crippen LogP contribution in [0.15, 0.2) is 55.0 Å². The first-order chi connectivity index (χ1) is 20.1. The SMILES string of the molecule is CCN(CCCOc1ccc2c(Nc3ccn(CC(=O)Nc4cccc(F)c4F)n3)ncnc2c1)CCOP(=O)(O)O. The molecule has 16 heteroatoms. The minimum Gasteiger partial charge on any atom is -0.493 e. The second-order valence-electron chi connectivity index (χ2n) is 9.03. The van der Waals surface area contributed by atoms with Crippen LogP contribution in [-0.2, 0) is 20.4 Å². The van der Waals surface area contributed by atoms with Crippen molar-refractivity contribution >= 4 is 42.0 Å². The Balaban J connectivity index is 1.29. The average Bonchev–Trinajstić information content (AvgIpc) is 3.38. The van der Waals surface area contributed by atoms with Gasteiger partial charge in [0, 0.05) is 36.8 Å². The summed E-state index contributed by atoms with van der Waals surface area (Å²) in [6, 6.07) is 10.5. The number of amides is 1. The van der Waals surface area contributed by atoms with Gasteiger partial charge in [-0.1, -0.05) is 13.0 Å². The maximum atomic E-state index is 13.8. The third kappa shape index (κ3) is 8.99. The van der Waals surface area contributed by atoms with Gasteiger partial charge in [0.05, 0.1) is 24.4 Å². The molecule has 1 amide bonds. The molecule has 0 aliphatic rings. The first-order valence-electron chi connectivity index (χ1n) is 13.0. The highest BCUT2D eigenvalue weighted by Crippen LogP contribution is 2.35. The minimum absolute atomic E-state index is 0.0624. The Labute approximate surface area is 239 Å². The maximum absolute atomic E-state index is 13.8. The van der Waals surface area contributed by atoms with Gasteiger partial charge in [0.2, 0.25) is 5.91 Å². The van der Waals surface area contributed by atoms with Gasteiger partial charge >= 0.3 is 7.82 Å². The van der Waals surface area contributed by atoms with E-state index in [-0.39, 0.29) is 18.8 Å². The first-order valence-corrected chi connectivity index (χ1v) is 14.5. The molecule has 13 nitrogen and oxygen atoms in total. The van der Waals surface area contributed by atoms with Crippen molar-refractivity contribution in [3.63, 3.8) is 0 Å². The molecule has 224 valence electrons. The quantitative estimate of drug-likeness (QED) is 0.115. The van der Waals surface area contributed by atoms with Gasteiger partial charge in [-0.3, -0.25) is 14.0 Å². The van der Waals surface area contributed by atoms with Crippen molar-refractivity contribution in [3.8, 4) is 5.75 Å². The van der Waals surface area contributed by atoms with Crippen molar-refractivity contribution in [3.05, 3.63) is 66.6 Å². The van der Waals surface area contributed by atoms with Crippen molar-refractivity contribution in [2.75, 3.05) is 43.5 Å². The number of nitrogens with zero attached hydrogens (tertiary/aromatic N) is 5. The van der Waals surface area contributed by atoms with E-state index in [1.165, 1.54) is 23.1 Å².